The van der Waals surface area contributed by atoms with Gasteiger partial charge in [0.1, 0.15) is 43.2 Å². The van der Waals surface area contributed by atoms with E-state index in [9.17, 15) is 39.6 Å². The zero-order valence-electron chi connectivity index (χ0n) is 54.3. The van der Waals surface area contributed by atoms with Gasteiger partial charge in [0.05, 0.1) is 12.7 Å². The number of rotatable bonds is 61. The van der Waals surface area contributed by atoms with Gasteiger partial charge in [0, 0.05) is 30.8 Å². The Balaban J connectivity index is 1.95. The predicted molar refractivity (Wildman–Crippen MR) is 346 cm³/mol. The van der Waals surface area contributed by atoms with Crippen molar-refractivity contribution < 1.29 is 53.8 Å². The molecule has 0 spiro atoms. The van der Waals surface area contributed by atoms with Crippen molar-refractivity contribution in [1.82, 2.24) is 20.3 Å². The van der Waals surface area contributed by atoms with E-state index < -0.39 is 48.8 Å². The van der Waals surface area contributed by atoms with E-state index in [4.69, 9.17) is 14.2 Å². The Hall–Kier alpha value is -2.83. The number of anilines is 1. The molecule has 1 aromatic heterocycles. The Morgan fingerprint density at radius 2 is 0.906 bits per heavy atom. The number of hydrogen-bond acceptors (Lipinski definition) is 14. The van der Waals surface area contributed by atoms with Gasteiger partial charge in [-0.2, -0.15) is 11.8 Å². The molecule has 85 heavy (non-hydrogen) atoms. The van der Waals surface area contributed by atoms with Crippen molar-refractivity contribution >= 4 is 41.3 Å². The van der Waals surface area contributed by atoms with Crippen LogP contribution in [0.3, 0.4) is 0 Å². The highest BCUT2D eigenvalue weighted by Crippen LogP contribution is 2.24. The highest BCUT2D eigenvalue weighted by atomic mass is 32.2. The van der Waals surface area contributed by atoms with Crippen LogP contribution in [0.5, 0.6) is 0 Å². The third-order valence-electron chi connectivity index (χ3n) is 16.8. The summed E-state index contributed by atoms with van der Waals surface area (Å²) in [5.41, 5.74) is 0. The fourth-order valence-electron chi connectivity index (χ4n) is 11.3. The van der Waals surface area contributed by atoms with E-state index in [1.807, 2.05) is 0 Å². The SMILES string of the molecule is CCCCCCCCCCCCCCCCCC(=O)N[C@H](CSC[C@@H](COC(=O)CCCCCCCCCCCCCCCCC)OC(=O)CCCCCCCCCCCCCCCCC)C(=O)Nc1cn(C[C@H](O)C2OC(O)[C@@H](O)[C@@H]2O)nn1. The van der Waals surface area contributed by atoms with E-state index in [0.717, 1.165) is 64.2 Å². The van der Waals surface area contributed by atoms with E-state index in [2.05, 4.69) is 41.7 Å². The molecule has 1 saturated heterocycles. The van der Waals surface area contributed by atoms with Gasteiger partial charge in [0.25, 0.3) is 0 Å². The molecule has 0 aromatic carbocycles. The Kier molecular flexibility index (Phi) is 50.9. The Morgan fingerprint density at radius 3 is 1.29 bits per heavy atom. The molecule has 0 aliphatic carbocycles. The second kappa shape index (κ2) is 55.3. The standard InChI is InChI=1S/C68H127N5O11S/c1-4-7-10-13-16-19-22-25-28-31-34-37-40-43-46-49-61(75)69-58(67(80)70-60-53-73(72-71-60)52-59(74)66-64(78)65(79)68(81)84-66)56-85-55-57(83-63(77)51-48-45-42-39-36-33-30-27-24-21-18-15-12-9-6-3)54-82-62(76)50-47-44-41-38-35-32-29-26-23-20-17-14-11-8-5-2/h53,57-59,64-66,68,74,78-79,81H,4-52,54-56H2,1-3H3,(H,69,75)(H,70,80)/t57-,58-,59+,64+,65+,66?,68?/m1/s1. The quantitative estimate of drug-likeness (QED) is 0.0263. The molecular weight excluding hydrogens is 1090 g/mol. The van der Waals surface area contributed by atoms with Crippen LogP contribution in [0.4, 0.5) is 5.82 Å². The molecule has 0 saturated carbocycles. The van der Waals surface area contributed by atoms with Gasteiger partial charge in [-0.3, -0.25) is 19.2 Å². The molecule has 0 radical (unpaired) electrons. The summed E-state index contributed by atoms with van der Waals surface area (Å²) >= 11 is 1.31. The van der Waals surface area contributed by atoms with Crippen LogP contribution in [0.25, 0.3) is 0 Å². The molecule has 6 N–H and O–H groups in total. The minimum absolute atomic E-state index is 0.0448. The first kappa shape index (κ1) is 78.3. The second-order valence-corrected chi connectivity index (χ2v) is 26.0. The van der Waals surface area contributed by atoms with Crippen LogP contribution in [0.15, 0.2) is 6.20 Å². The lowest BCUT2D eigenvalue weighted by Crippen LogP contribution is -2.45. The molecule has 1 aromatic rings. The summed E-state index contributed by atoms with van der Waals surface area (Å²) in [7, 11) is 0. The number of hydrogen-bond donors (Lipinski definition) is 6. The smallest absolute Gasteiger partial charge is 0.306 e. The first-order valence-electron chi connectivity index (χ1n) is 35.3. The van der Waals surface area contributed by atoms with Gasteiger partial charge in [-0.15, -0.1) is 5.10 Å². The van der Waals surface area contributed by atoms with Crippen molar-refractivity contribution in [1.29, 1.82) is 0 Å². The largest absolute Gasteiger partial charge is 0.462 e. The minimum atomic E-state index is -1.65. The average molecular weight is 1220 g/mol. The maximum atomic E-state index is 14.0. The third-order valence-corrected chi connectivity index (χ3v) is 17.9. The number of thioether (sulfide) groups is 1. The lowest BCUT2D eigenvalue weighted by molar-refractivity contribution is -0.157. The van der Waals surface area contributed by atoms with Gasteiger partial charge in [0.2, 0.25) is 11.8 Å². The number of esters is 2. The van der Waals surface area contributed by atoms with Crippen molar-refractivity contribution in [2.45, 2.75) is 378 Å². The molecule has 2 rings (SSSR count). The zero-order valence-corrected chi connectivity index (χ0v) is 55.1. The molecule has 496 valence electrons. The predicted octanol–water partition coefficient (Wildman–Crippen LogP) is 15.5. The normalized spacial score (nSPS) is 17.0. The number of ether oxygens (including phenoxy) is 3. The Labute approximate surface area is 521 Å². The first-order valence-corrected chi connectivity index (χ1v) is 36.4. The first-order chi connectivity index (χ1) is 41.5. The van der Waals surface area contributed by atoms with Crippen LogP contribution in [-0.4, -0.2) is 120 Å². The van der Waals surface area contributed by atoms with Crippen LogP contribution >= 0.6 is 11.8 Å². The third kappa shape index (κ3) is 43.5. The van der Waals surface area contributed by atoms with Crippen molar-refractivity contribution in [2.24, 2.45) is 0 Å². The number of carbonyl (C=O) groups excluding carboxylic acids is 4. The summed E-state index contributed by atoms with van der Waals surface area (Å²) in [5.74, 6) is -1.10. The van der Waals surface area contributed by atoms with E-state index in [-0.39, 0.29) is 61.2 Å². The van der Waals surface area contributed by atoms with Crippen LogP contribution in [0.1, 0.15) is 329 Å². The van der Waals surface area contributed by atoms with Crippen molar-refractivity contribution in [3.8, 4) is 0 Å². The van der Waals surface area contributed by atoms with Crippen molar-refractivity contribution in [3.63, 3.8) is 0 Å². The number of aliphatic hydroxyl groups excluding tert-OH is 4. The summed E-state index contributed by atoms with van der Waals surface area (Å²) in [5, 5.41) is 54.3. The van der Waals surface area contributed by atoms with Crippen LogP contribution in [0, 0.1) is 0 Å². The molecule has 2 heterocycles. The summed E-state index contributed by atoms with van der Waals surface area (Å²) in [6, 6.07) is -1.01. The average Bonchev–Trinajstić information content (AvgIpc) is 4.25. The van der Waals surface area contributed by atoms with Crippen molar-refractivity contribution in [3.05, 3.63) is 6.20 Å². The zero-order chi connectivity index (χ0) is 61.6. The van der Waals surface area contributed by atoms with Gasteiger partial charge in [0.15, 0.2) is 12.1 Å². The Morgan fingerprint density at radius 1 is 0.529 bits per heavy atom. The van der Waals surface area contributed by atoms with Crippen LogP contribution in [-0.2, 0) is 39.9 Å². The second-order valence-electron chi connectivity index (χ2n) is 24.9. The van der Waals surface area contributed by atoms with E-state index >= 15 is 0 Å². The fraction of sp³-hybridized carbons (Fsp3) is 0.912. The number of unbranched alkanes of at least 4 members (excludes halogenated alkanes) is 42. The fourth-order valence-corrected chi connectivity index (χ4v) is 12.3. The van der Waals surface area contributed by atoms with Crippen LogP contribution < -0.4 is 10.6 Å². The number of nitrogens with zero attached hydrogens (tertiary/aromatic N) is 3. The van der Waals surface area contributed by atoms with Gasteiger partial charge in [-0.25, -0.2) is 4.68 Å². The maximum absolute atomic E-state index is 14.0. The number of aliphatic hydroxyl groups is 4. The molecule has 2 amide bonds. The highest BCUT2D eigenvalue weighted by molar-refractivity contribution is 7.99. The molecular formula is C68H127N5O11S. The van der Waals surface area contributed by atoms with Crippen LogP contribution in [0.2, 0.25) is 0 Å². The monoisotopic (exact) mass is 1220 g/mol. The maximum Gasteiger partial charge on any atom is 0.306 e. The van der Waals surface area contributed by atoms with Gasteiger partial charge >= 0.3 is 11.9 Å². The number of aromatic nitrogens is 3. The van der Waals surface area contributed by atoms with Gasteiger partial charge < -0.3 is 45.3 Å². The summed E-state index contributed by atoms with van der Waals surface area (Å²) in [6.45, 7) is 6.44. The van der Waals surface area contributed by atoms with E-state index in [1.54, 1.807) is 0 Å². The van der Waals surface area contributed by atoms with E-state index in [0.29, 0.717) is 12.8 Å². The number of nitrogens with one attached hydrogen (secondary N) is 2. The molecule has 16 nitrogen and oxygen atoms in total. The van der Waals surface area contributed by atoms with Gasteiger partial charge in [-0.1, -0.05) is 296 Å². The van der Waals surface area contributed by atoms with E-state index in [1.165, 1.54) is 241 Å². The minimum Gasteiger partial charge on any atom is -0.462 e. The van der Waals surface area contributed by atoms with Crippen molar-refractivity contribution in [2.75, 3.05) is 23.4 Å². The number of amides is 2. The molecule has 1 aliphatic heterocycles. The number of carbonyl (C=O) groups is 4. The molecule has 0 bridgehead atoms. The van der Waals surface area contributed by atoms with Gasteiger partial charge in [-0.05, 0) is 19.3 Å². The highest BCUT2D eigenvalue weighted by Gasteiger charge is 2.45. The lowest BCUT2D eigenvalue weighted by atomic mass is 10.0. The molecule has 17 heteroatoms. The molecule has 1 fully saturated rings. The summed E-state index contributed by atoms with van der Waals surface area (Å²) in [6.07, 6.45) is 49.2. The lowest BCUT2D eigenvalue weighted by Gasteiger charge is -2.21. The topological polar surface area (TPSA) is 232 Å². The molecule has 2 unspecified atom stereocenters. The Bertz CT molecular complexity index is 1740. The summed E-state index contributed by atoms with van der Waals surface area (Å²) in [4.78, 5) is 53.8. The summed E-state index contributed by atoms with van der Waals surface area (Å²) < 4.78 is 18.1. The molecule has 7 atom stereocenters. The molecule has 1 aliphatic rings.